The third-order valence-corrected chi connectivity index (χ3v) is 5.67. The molecule has 0 radical (unpaired) electrons. The molecule has 0 aromatic carbocycles. The van der Waals surface area contributed by atoms with Gasteiger partial charge in [0.2, 0.25) is 11.8 Å². The van der Waals surface area contributed by atoms with E-state index in [0.717, 1.165) is 6.54 Å². The average molecular weight is 434 g/mol. The van der Waals surface area contributed by atoms with Crippen molar-refractivity contribution < 1.29 is 18.2 Å². The summed E-state index contributed by atoms with van der Waals surface area (Å²) in [7, 11) is 0.437. The molecule has 1 amide bonds. The zero-order valence-electron chi connectivity index (χ0n) is 17.5. The summed E-state index contributed by atoms with van der Waals surface area (Å²) in [6.45, 7) is 7.35. The first-order valence-corrected chi connectivity index (χ1v) is 11.6. The molecular formula is C22H31N3O4S. The van der Waals surface area contributed by atoms with E-state index < -0.39 is 10.8 Å². The molecule has 30 heavy (non-hydrogen) atoms. The van der Waals surface area contributed by atoms with Crippen LogP contribution in [0.4, 0.5) is 0 Å². The molecule has 1 atom stereocenters. The van der Waals surface area contributed by atoms with Crippen LogP contribution < -0.4 is 10.1 Å². The van der Waals surface area contributed by atoms with E-state index in [1.807, 2.05) is 12.3 Å². The van der Waals surface area contributed by atoms with Crippen molar-refractivity contribution >= 4 is 16.7 Å². The lowest BCUT2D eigenvalue weighted by molar-refractivity contribution is -0.118. The molecule has 0 aliphatic carbocycles. The molecule has 0 bridgehead atoms. The Bertz CT molecular complexity index is 789. The lowest BCUT2D eigenvalue weighted by Crippen LogP contribution is -2.29. The third-order valence-electron chi connectivity index (χ3n) is 4.48. The van der Waals surface area contributed by atoms with E-state index in [9.17, 15) is 9.00 Å². The molecule has 3 heterocycles. The van der Waals surface area contributed by atoms with Crippen molar-refractivity contribution in [3.63, 3.8) is 0 Å². The Labute approximate surface area is 181 Å². The van der Waals surface area contributed by atoms with E-state index in [4.69, 9.17) is 9.15 Å². The van der Waals surface area contributed by atoms with Crippen molar-refractivity contribution in [3.05, 3.63) is 60.7 Å². The SMILES string of the molecule is C=CCNC(=O)CS(=O)Cc1ccco1.COc1cc(CN2CCCCC2)ccn1. The number of rotatable bonds is 9. The van der Waals surface area contributed by atoms with Crippen molar-refractivity contribution in [3.8, 4) is 5.88 Å². The van der Waals surface area contributed by atoms with Crippen LogP contribution in [0.3, 0.4) is 0 Å². The Morgan fingerprint density at radius 2 is 2.17 bits per heavy atom. The first-order valence-electron chi connectivity index (χ1n) is 10.1. The van der Waals surface area contributed by atoms with Gasteiger partial charge in [0.1, 0.15) is 11.5 Å². The van der Waals surface area contributed by atoms with Gasteiger partial charge < -0.3 is 14.5 Å². The Morgan fingerprint density at radius 3 is 2.83 bits per heavy atom. The highest BCUT2D eigenvalue weighted by atomic mass is 32.2. The van der Waals surface area contributed by atoms with Crippen LogP contribution >= 0.6 is 0 Å². The summed E-state index contributed by atoms with van der Waals surface area (Å²) in [5.41, 5.74) is 1.30. The number of likely N-dealkylation sites (tertiary alicyclic amines) is 1. The number of pyridine rings is 1. The number of amides is 1. The number of nitrogens with one attached hydrogen (secondary N) is 1. The quantitative estimate of drug-likeness (QED) is 0.612. The van der Waals surface area contributed by atoms with Crippen molar-refractivity contribution in [2.45, 2.75) is 31.6 Å². The van der Waals surface area contributed by atoms with Crippen LogP contribution in [0, 0.1) is 0 Å². The predicted octanol–water partition coefficient (Wildman–Crippen LogP) is 2.91. The van der Waals surface area contributed by atoms with Crippen LogP contribution in [-0.4, -0.2) is 52.5 Å². The molecule has 1 aliphatic rings. The molecule has 7 nitrogen and oxygen atoms in total. The number of methoxy groups -OCH3 is 1. The summed E-state index contributed by atoms with van der Waals surface area (Å²) < 4.78 is 21.6. The molecule has 0 spiro atoms. The van der Waals surface area contributed by atoms with Crippen LogP contribution in [-0.2, 0) is 27.9 Å². The fourth-order valence-electron chi connectivity index (χ4n) is 3.02. The van der Waals surface area contributed by atoms with Gasteiger partial charge in [-0.2, -0.15) is 0 Å². The standard InChI is InChI=1S/C12H18N2O.C10H13NO3S/c1-15-12-9-11(5-6-13-12)10-14-7-3-2-4-8-14;1-2-5-11-10(12)8-15(13)7-9-4-3-6-14-9/h5-6,9H,2-4,7-8,10H2,1H3;2-4,6H,1,5,7-8H2,(H,11,12). The maximum absolute atomic E-state index is 11.4. The van der Waals surface area contributed by atoms with Gasteiger partial charge in [0.25, 0.3) is 0 Å². The highest BCUT2D eigenvalue weighted by molar-refractivity contribution is 7.84. The highest BCUT2D eigenvalue weighted by Crippen LogP contribution is 2.15. The molecule has 164 valence electrons. The molecule has 1 unspecified atom stereocenters. The first-order chi connectivity index (χ1) is 14.6. The van der Waals surface area contributed by atoms with Gasteiger partial charge in [-0.15, -0.1) is 6.58 Å². The number of piperidine rings is 1. The van der Waals surface area contributed by atoms with E-state index in [2.05, 4.69) is 27.8 Å². The summed E-state index contributed by atoms with van der Waals surface area (Å²) in [6, 6.07) is 7.55. The van der Waals surface area contributed by atoms with Gasteiger partial charge in [-0.05, 0) is 49.7 Å². The smallest absolute Gasteiger partial charge is 0.232 e. The Balaban J connectivity index is 0.000000214. The third kappa shape index (κ3) is 9.37. The van der Waals surface area contributed by atoms with Gasteiger partial charge in [-0.3, -0.25) is 13.9 Å². The lowest BCUT2D eigenvalue weighted by atomic mass is 10.1. The van der Waals surface area contributed by atoms with E-state index in [0.29, 0.717) is 18.2 Å². The maximum atomic E-state index is 11.4. The molecular weight excluding hydrogens is 402 g/mol. The minimum absolute atomic E-state index is 0.00542. The Hall–Kier alpha value is -2.45. The monoisotopic (exact) mass is 433 g/mol. The van der Waals surface area contributed by atoms with Crippen LogP contribution in [0.1, 0.15) is 30.6 Å². The average Bonchev–Trinajstić information content (AvgIpc) is 3.26. The molecule has 1 saturated heterocycles. The number of carbonyl (C=O) groups excluding carboxylic acids is 1. The number of nitrogens with zero attached hydrogens (tertiary/aromatic N) is 2. The van der Waals surface area contributed by atoms with Crippen LogP contribution in [0.2, 0.25) is 0 Å². The second-order valence-corrected chi connectivity index (χ2v) is 8.40. The number of carbonyl (C=O) groups is 1. The number of aromatic nitrogens is 1. The van der Waals surface area contributed by atoms with Gasteiger partial charge in [-0.25, -0.2) is 4.98 Å². The number of furan rings is 1. The van der Waals surface area contributed by atoms with Crippen LogP contribution in [0.15, 0.2) is 53.8 Å². The topological polar surface area (TPSA) is 84.7 Å². The molecule has 2 aromatic rings. The zero-order chi connectivity index (χ0) is 21.6. The summed E-state index contributed by atoms with van der Waals surface area (Å²) >= 11 is 0. The molecule has 8 heteroatoms. The summed E-state index contributed by atoms with van der Waals surface area (Å²) in [6.07, 6.45) is 8.97. The van der Waals surface area contributed by atoms with Crippen molar-refractivity contribution in [2.24, 2.45) is 0 Å². The highest BCUT2D eigenvalue weighted by Gasteiger charge is 2.11. The largest absolute Gasteiger partial charge is 0.481 e. The fourth-order valence-corrected chi connectivity index (χ4v) is 4.00. The lowest BCUT2D eigenvalue weighted by Gasteiger charge is -2.26. The minimum atomic E-state index is -1.22. The molecule has 0 saturated carbocycles. The number of hydrogen-bond acceptors (Lipinski definition) is 6. The van der Waals surface area contributed by atoms with Crippen molar-refractivity contribution in [1.82, 2.24) is 15.2 Å². The second kappa shape index (κ2) is 13.7. The number of hydrogen-bond donors (Lipinski definition) is 1. The second-order valence-electron chi connectivity index (χ2n) is 6.94. The molecule has 1 N–H and O–H groups in total. The molecule has 3 rings (SSSR count). The zero-order valence-corrected chi connectivity index (χ0v) is 18.4. The van der Waals surface area contributed by atoms with E-state index >= 15 is 0 Å². The summed E-state index contributed by atoms with van der Waals surface area (Å²) in [4.78, 5) is 17.8. The molecule has 1 fully saturated rings. The summed E-state index contributed by atoms with van der Waals surface area (Å²) in [5.74, 6) is 1.37. The number of ether oxygens (including phenoxy) is 1. The van der Waals surface area contributed by atoms with Crippen molar-refractivity contribution in [2.75, 3.05) is 32.5 Å². The minimum Gasteiger partial charge on any atom is -0.481 e. The Kier molecular flexibility index (Phi) is 10.9. The normalized spacial score (nSPS) is 14.8. The summed E-state index contributed by atoms with van der Waals surface area (Å²) in [5, 5.41) is 2.56. The van der Waals surface area contributed by atoms with Gasteiger partial charge in [0, 0.05) is 36.2 Å². The van der Waals surface area contributed by atoms with Crippen LogP contribution in [0.5, 0.6) is 5.88 Å². The molecule has 2 aromatic heterocycles. The fraction of sp³-hybridized carbons (Fsp3) is 0.455. The van der Waals surface area contributed by atoms with E-state index in [-0.39, 0.29) is 17.4 Å². The van der Waals surface area contributed by atoms with Gasteiger partial charge in [0.15, 0.2) is 0 Å². The van der Waals surface area contributed by atoms with Gasteiger partial charge in [-0.1, -0.05) is 12.5 Å². The molecule has 1 aliphatic heterocycles. The van der Waals surface area contributed by atoms with E-state index in [1.165, 1.54) is 44.2 Å². The van der Waals surface area contributed by atoms with Crippen LogP contribution in [0.25, 0.3) is 0 Å². The van der Waals surface area contributed by atoms with Crippen molar-refractivity contribution in [1.29, 1.82) is 0 Å². The van der Waals surface area contributed by atoms with Gasteiger partial charge >= 0.3 is 0 Å². The first kappa shape index (κ1) is 23.8. The Morgan fingerprint density at radius 1 is 1.37 bits per heavy atom. The van der Waals surface area contributed by atoms with E-state index in [1.54, 1.807) is 25.3 Å². The maximum Gasteiger partial charge on any atom is 0.232 e. The van der Waals surface area contributed by atoms with Gasteiger partial charge in [0.05, 0.1) is 19.1 Å². The predicted molar refractivity (Wildman–Crippen MR) is 119 cm³/mol.